The molecule has 4 rings (SSSR count). The van der Waals surface area contributed by atoms with E-state index in [4.69, 9.17) is 11.6 Å². The molecule has 0 aromatic heterocycles. The van der Waals surface area contributed by atoms with Crippen molar-refractivity contribution in [1.82, 2.24) is 9.62 Å². The molecule has 3 aromatic carbocycles. The van der Waals surface area contributed by atoms with Crippen LogP contribution in [0.15, 0.2) is 66.7 Å². The van der Waals surface area contributed by atoms with Crippen LogP contribution in [-0.4, -0.2) is 44.0 Å². The predicted octanol–water partition coefficient (Wildman–Crippen LogP) is 4.44. The second-order valence-corrected chi connectivity index (χ2v) is 10.7. The van der Waals surface area contributed by atoms with Crippen molar-refractivity contribution in [1.29, 1.82) is 0 Å². The number of aryl methyl sites for hydroxylation is 1. The molecule has 0 saturated carbocycles. The van der Waals surface area contributed by atoms with Crippen LogP contribution < -0.4 is 4.72 Å². The summed E-state index contributed by atoms with van der Waals surface area (Å²) in [5.41, 5.74) is 2.82. The third kappa shape index (κ3) is 5.50. The molecule has 1 fully saturated rings. The molecule has 0 radical (unpaired) electrons. The van der Waals surface area contributed by atoms with Crippen LogP contribution >= 0.6 is 11.6 Å². The van der Waals surface area contributed by atoms with Gasteiger partial charge in [0.15, 0.2) is 5.78 Å². The Labute approximate surface area is 198 Å². The lowest BCUT2D eigenvalue weighted by molar-refractivity contribution is 0.0992. The monoisotopic (exact) mass is 486 g/mol. The van der Waals surface area contributed by atoms with Crippen molar-refractivity contribution >= 4 is 27.4 Å². The summed E-state index contributed by atoms with van der Waals surface area (Å²) in [7, 11) is -3.70. The summed E-state index contributed by atoms with van der Waals surface area (Å²) < 4.78 is 42.3. The molecule has 0 unspecified atom stereocenters. The van der Waals surface area contributed by atoms with Crippen molar-refractivity contribution in [2.24, 2.45) is 0 Å². The number of rotatable bonds is 8. The van der Waals surface area contributed by atoms with Gasteiger partial charge in [0, 0.05) is 24.7 Å². The normalized spacial score (nSPS) is 14.8. The molecule has 8 heteroatoms. The molecule has 1 aliphatic heterocycles. The first-order valence-corrected chi connectivity index (χ1v) is 12.5. The average Bonchev–Trinajstić information content (AvgIpc) is 2.78. The van der Waals surface area contributed by atoms with E-state index in [1.807, 2.05) is 47.4 Å². The summed E-state index contributed by atoms with van der Waals surface area (Å²) in [4.78, 5) is 14.7. The van der Waals surface area contributed by atoms with E-state index in [0.717, 1.165) is 11.1 Å². The van der Waals surface area contributed by atoms with Crippen LogP contribution in [0.5, 0.6) is 0 Å². The molecule has 1 N–H and O–H groups in total. The Morgan fingerprint density at radius 2 is 1.73 bits per heavy atom. The Morgan fingerprint density at radius 3 is 2.39 bits per heavy atom. The fraction of sp³-hybridized carbons (Fsp3) is 0.240. The smallest absolute Gasteiger partial charge is 0.217 e. The number of carbonyl (C=O) groups is 1. The first-order valence-electron chi connectivity index (χ1n) is 10.6. The molecule has 1 saturated heterocycles. The van der Waals surface area contributed by atoms with Gasteiger partial charge in [-0.05, 0) is 53.4 Å². The van der Waals surface area contributed by atoms with Crippen LogP contribution in [-0.2, 0) is 16.6 Å². The van der Waals surface area contributed by atoms with Gasteiger partial charge in [-0.25, -0.2) is 17.5 Å². The number of carbonyl (C=O) groups excluding carboxylic acids is 1. The highest BCUT2D eigenvalue weighted by atomic mass is 35.5. The van der Waals surface area contributed by atoms with Gasteiger partial charge in [-0.1, -0.05) is 54.1 Å². The van der Waals surface area contributed by atoms with Crippen LogP contribution in [0.1, 0.15) is 21.5 Å². The van der Waals surface area contributed by atoms with Crippen molar-refractivity contribution in [3.63, 3.8) is 0 Å². The van der Waals surface area contributed by atoms with E-state index in [1.54, 1.807) is 25.1 Å². The molecule has 33 heavy (non-hydrogen) atoms. The number of sulfonamides is 1. The lowest BCUT2D eigenvalue weighted by Crippen LogP contribution is -2.57. The molecule has 0 aliphatic carbocycles. The first kappa shape index (κ1) is 23.6. The Bertz CT molecular complexity index is 1260. The van der Waals surface area contributed by atoms with Gasteiger partial charge >= 0.3 is 0 Å². The number of nitrogens with zero attached hydrogens (tertiary/aromatic N) is 1. The number of benzene rings is 3. The highest BCUT2D eigenvalue weighted by Crippen LogP contribution is 2.25. The maximum Gasteiger partial charge on any atom is 0.217 e. The van der Waals surface area contributed by atoms with E-state index in [-0.39, 0.29) is 5.56 Å². The predicted molar refractivity (Wildman–Crippen MR) is 128 cm³/mol. The summed E-state index contributed by atoms with van der Waals surface area (Å²) >= 11 is 5.89. The van der Waals surface area contributed by atoms with E-state index >= 15 is 0 Å². The Hall–Kier alpha value is -2.58. The van der Waals surface area contributed by atoms with Crippen molar-refractivity contribution in [3.8, 4) is 11.1 Å². The van der Waals surface area contributed by atoms with E-state index in [0.29, 0.717) is 35.8 Å². The second kappa shape index (κ2) is 9.73. The number of hydrogen-bond acceptors (Lipinski definition) is 4. The van der Waals surface area contributed by atoms with Crippen LogP contribution in [0.3, 0.4) is 0 Å². The van der Waals surface area contributed by atoms with Gasteiger partial charge in [-0.3, -0.25) is 9.69 Å². The molecule has 1 aliphatic rings. The molecule has 0 atom stereocenters. The fourth-order valence-electron chi connectivity index (χ4n) is 3.84. The lowest BCUT2D eigenvalue weighted by Gasteiger charge is -2.38. The Morgan fingerprint density at radius 1 is 1.06 bits per heavy atom. The molecule has 0 bridgehead atoms. The van der Waals surface area contributed by atoms with Crippen LogP contribution in [0, 0.1) is 12.7 Å². The van der Waals surface area contributed by atoms with Gasteiger partial charge in [0.1, 0.15) is 11.1 Å². The number of halogens is 2. The van der Waals surface area contributed by atoms with E-state index in [9.17, 15) is 17.6 Å². The third-order valence-electron chi connectivity index (χ3n) is 5.78. The van der Waals surface area contributed by atoms with Crippen molar-refractivity contribution < 1.29 is 17.6 Å². The minimum Gasteiger partial charge on any atom is -0.296 e. The van der Waals surface area contributed by atoms with Crippen molar-refractivity contribution in [2.45, 2.75) is 18.7 Å². The quantitative estimate of drug-likeness (QED) is 0.478. The second-order valence-electron chi connectivity index (χ2n) is 8.25. The van der Waals surface area contributed by atoms with Gasteiger partial charge in [-0.15, -0.1) is 0 Å². The molecule has 5 nitrogen and oxygen atoms in total. The van der Waals surface area contributed by atoms with Gasteiger partial charge < -0.3 is 0 Å². The molecular formula is C25H24ClFN2O3S. The molecule has 3 aromatic rings. The zero-order valence-electron chi connectivity index (χ0n) is 18.1. The number of ketones is 1. The Balaban J connectivity index is 1.37. The zero-order chi connectivity index (χ0) is 23.6. The zero-order valence-corrected chi connectivity index (χ0v) is 19.7. The van der Waals surface area contributed by atoms with Gasteiger partial charge in [0.25, 0.3) is 0 Å². The molecule has 0 spiro atoms. The highest BCUT2D eigenvalue weighted by molar-refractivity contribution is 7.90. The van der Waals surface area contributed by atoms with E-state index in [1.165, 1.54) is 6.07 Å². The SMILES string of the molecule is Cc1cc(-c2ccccc2)cc(C(=O)CNS(=O)(=O)C2CN(Cc3ccc(Cl)cc3)C2)c1F. The molecule has 0 amide bonds. The third-order valence-corrected chi connectivity index (χ3v) is 7.75. The highest BCUT2D eigenvalue weighted by Gasteiger charge is 2.37. The number of nitrogens with one attached hydrogen (secondary N) is 1. The standard InChI is InChI=1S/C25H24ClFN2O3S/c1-17-11-20(19-5-3-2-4-6-19)12-23(25(17)27)24(30)13-28-33(31,32)22-15-29(16-22)14-18-7-9-21(26)10-8-18/h2-12,22,28H,13-16H2,1H3. The number of hydrogen-bond donors (Lipinski definition) is 1. The topological polar surface area (TPSA) is 66.5 Å². The summed E-state index contributed by atoms with van der Waals surface area (Å²) in [5.74, 6) is -1.23. The summed E-state index contributed by atoms with van der Waals surface area (Å²) in [5, 5.41) is 0.0393. The number of likely N-dealkylation sites (tertiary alicyclic amines) is 1. The molecular weight excluding hydrogens is 463 g/mol. The minimum absolute atomic E-state index is 0.116. The van der Waals surface area contributed by atoms with E-state index in [2.05, 4.69) is 4.72 Å². The largest absolute Gasteiger partial charge is 0.296 e. The minimum atomic E-state index is -3.70. The van der Waals surface area contributed by atoms with Crippen LogP contribution in [0.25, 0.3) is 11.1 Å². The first-order chi connectivity index (χ1) is 15.7. The van der Waals surface area contributed by atoms with Crippen molar-refractivity contribution in [2.75, 3.05) is 19.6 Å². The van der Waals surface area contributed by atoms with Gasteiger partial charge in [0.05, 0.1) is 12.1 Å². The van der Waals surface area contributed by atoms with Crippen molar-refractivity contribution in [3.05, 3.63) is 94.3 Å². The summed E-state index contributed by atoms with van der Waals surface area (Å²) in [6.07, 6.45) is 0. The van der Waals surface area contributed by atoms with Gasteiger partial charge in [-0.2, -0.15) is 0 Å². The van der Waals surface area contributed by atoms with E-state index < -0.39 is 33.4 Å². The number of Topliss-reactive ketones (excluding diaryl/α,β-unsaturated/α-hetero) is 1. The Kier molecular flexibility index (Phi) is 6.95. The van der Waals surface area contributed by atoms with Crippen LogP contribution in [0.2, 0.25) is 5.02 Å². The maximum absolute atomic E-state index is 14.7. The summed E-state index contributed by atoms with van der Waals surface area (Å²) in [6, 6.07) is 19.9. The van der Waals surface area contributed by atoms with Crippen LogP contribution in [0.4, 0.5) is 4.39 Å². The molecule has 172 valence electrons. The summed E-state index contributed by atoms with van der Waals surface area (Å²) in [6.45, 7) is 2.46. The fourth-order valence-corrected chi connectivity index (χ4v) is 5.35. The average molecular weight is 487 g/mol. The molecule has 1 heterocycles. The maximum atomic E-state index is 14.7. The van der Waals surface area contributed by atoms with Gasteiger partial charge in [0.2, 0.25) is 10.0 Å². The lowest BCUT2D eigenvalue weighted by atomic mass is 9.98.